The maximum Gasteiger partial charge on any atom is 0.286 e. The summed E-state index contributed by atoms with van der Waals surface area (Å²) in [5.74, 6) is -0.113. The second-order valence-corrected chi connectivity index (χ2v) is 3.79. The van der Waals surface area contributed by atoms with Gasteiger partial charge in [0.15, 0.2) is 5.76 Å². The number of nitrogens with one attached hydrogen (secondary N) is 3. The first kappa shape index (κ1) is 17.5. The van der Waals surface area contributed by atoms with E-state index in [9.17, 15) is 9.59 Å². The second kappa shape index (κ2) is 10.4. The summed E-state index contributed by atoms with van der Waals surface area (Å²) in [5, 5.41) is 8.38. The van der Waals surface area contributed by atoms with Gasteiger partial charge in [0.2, 0.25) is 5.91 Å². The number of halogens is 1. The van der Waals surface area contributed by atoms with E-state index in [4.69, 9.17) is 4.42 Å². The van der Waals surface area contributed by atoms with Crippen LogP contribution in [0.3, 0.4) is 0 Å². The molecule has 0 unspecified atom stereocenters. The minimum absolute atomic E-state index is 0. The molecule has 0 saturated heterocycles. The molecular weight excluding hydrogens is 270 g/mol. The summed E-state index contributed by atoms with van der Waals surface area (Å²) < 4.78 is 4.93. The fourth-order valence-electron chi connectivity index (χ4n) is 1.37. The van der Waals surface area contributed by atoms with Crippen LogP contribution in [0.2, 0.25) is 0 Å². The molecule has 2 amide bonds. The molecule has 7 heteroatoms. The van der Waals surface area contributed by atoms with Gasteiger partial charge >= 0.3 is 0 Å². The van der Waals surface area contributed by atoms with E-state index in [1.165, 1.54) is 6.26 Å². The van der Waals surface area contributed by atoms with E-state index < -0.39 is 0 Å². The highest BCUT2D eigenvalue weighted by molar-refractivity contribution is 5.91. The van der Waals surface area contributed by atoms with Crippen molar-refractivity contribution in [3.05, 3.63) is 24.2 Å². The fraction of sp³-hybridized carbons (Fsp3) is 0.500. The van der Waals surface area contributed by atoms with Gasteiger partial charge < -0.3 is 20.4 Å². The topological polar surface area (TPSA) is 83.4 Å². The molecule has 0 atom stereocenters. The third-order valence-corrected chi connectivity index (χ3v) is 2.31. The van der Waals surface area contributed by atoms with Crippen molar-refractivity contribution in [2.45, 2.75) is 12.8 Å². The number of hydrogen-bond donors (Lipinski definition) is 3. The van der Waals surface area contributed by atoms with Crippen LogP contribution in [0.4, 0.5) is 0 Å². The molecule has 0 aliphatic heterocycles. The van der Waals surface area contributed by atoms with E-state index in [2.05, 4.69) is 16.0 Å². The predicted octanol–water partition coefficient (Wildman–Crippen LogP) is 0.547. The molecule has 0 radical (unpaired) electrons. The molecule has 0 bridgehead atoms. The highest BCUT2D eigenvalue weighted by Gasteiger charge is 2.08. The van der Waals surface area contributed by atoms with E-state index in [0.717, 1.165) is 13.0 Å². The largest absolute Gasteiger partial charge is 0.459 e. The molecular formula is C12H20ClN3O3. The average molecular weight is 290 g/mol. The van der Waals surface area contributed by atoms with Crippen LogP contribution in [0, 0.1) is 0 Å². The summed E-state index contributed by atoms with van der Waals surface area (Å²) in [6.45, 7) is 1.82. The van der Waals surface area contributed by atoms with Gasteiger partial charge in [-0.05, 0) is 32.1 Å². The quantitative estimate of drug-likeness (QED) is 0.610. The first-order chi connectivity index (χ1) is 8.74. The molecule has 0 aromatic carbocycles. The van der Waals surface area contributed by atoms with Gasteiger partial charge in [-0.1, -0.05) is 0 Å². The lowest BCUT2D eigenvalue weighted by Crippen LogP contribution is -2.31. The maximum absolute atomic E-state index is 11.4. The molecule has 3 N–H and O–H groups in total. The standard InChI is InChI=1S/C12H19N3O3.ClH/c1-13-6-3-7-14-11(16)5-8-15-12(17)10-4-2-9-18-10;/h2,4,9,13H,3,5-8H2,1H3,(H,14,16)(H,15,17);1H. The third kappa shape index (κ3) is 7.48. The zero-order chi connectivity index (χ0) is 13.2. The Bertz CT molecular complexity index is 368. The Morgan fingerprint density at radius 3 is 2.63 bits per heavy atom. The predicted molar refractivity (Wildman–Crippen MR) is 74.5 cm³/mol. The lowest BCUT2D eigenvalue weighted by Gasteiger charge is -2.05. The van der Waals surface area contributed by atoms with Gasteiger partial charge in [-0.2, -0.15) is 0 Å². The maximum atomic E-state index is 11.4. The molecule has 1 aromatic rings. The molecule has 0 spiro atoms. The first-order valence-electron chi connectivity index (χ1n) is 5.97. The molecule has 0 aliphatic rings. The number of amides is 2. The summed E-state index contributed by atoms with van der Waals surface area (Å²) in [4.78, 5) is 22.8. The van der Waals surface area contributed by atoms with Gasteiger partial charge in [0, 0.05) is 19.5 Å². The molecule has 0 aliphatic carbocycles. The lowest BCUT2D eigenvalue weighted by molar-refractivity contribution is -0.120. The minimum atomic E-state index is -0.303. The zero-order valence-electron chi connectivity index (χ0n) is 10.9. The molecule has 19 heavy (non-hydrogen) atoms. The number of rotatable bonds is 8. The van der Waals surface area contributed by atoms with Crippen LogP contribution in [0.15, 0.2) is 22.8 Å². The average Bonchev–Trinajstić information content (AvgIpc) is 2.88. The summed E-state index contributed by atoms with van der Waals surface area (Å²) in [5.41, 5.74) is 0. The van der Waals surface area contributed by atoms with Crippen LogP contribution in [0.5, 0.6) is 0 Å². The van der Waals surface area contributed by atoms with Gasteiger partial charge in [0.25, 0.3) is 5.91 Å². The van der Waals surface area contributed by atoms with E-state index in [0.29, 0.717) is 13.1 Å². The SMILES string of the molecule is CNCCCNC(=O)CCNC(=O)c1ccco1.Cl. The monoisotopic (exact) mass is 289 g/mol. The number of furan rings is 1. The van der Waals surface area contributed by atoms with Crippen molar-refractivity contribution in [3.63, 3.8) is 0 Å². The van der Waals surface area contributed by atoms with Gasteiger partial charge in [-0.3, -0.25) is 9.59 Å². The van der Waals surface area contributed by atoms with E-state index in [-0.39, 0.29) is 36.4 Å². The smallest absolute Gasteiger partial charge is 0.286 e. The third-order valence-electron chi connectivity index (χ3n) is 2.31. The highest BCUT2D eigenvalue weighted by atomic mass is 35.5. The van der Waals surface area contributed by atoms with Crippen molar-refractivity contribution in [1.29, 1.82) is 0 Å². The van der Waals surface area contributed by atoms with Gasteiger partial charge in [-0.25, -0.2) is 0 Å². The van der Waals surface area contributed by atoms with Crippen molar-refractivity contribution in [1.82, 2.24) is 16.0 Å². The van der Waals surface area contributed by atoms with Crippen molar-refractivity contribution in [3.8, 4) is 0 Å². The van der Waals surface area contributed by atoms with Crippen LogP contribution >= 0.6 is 12.4 Å². The van der Waals surface area contributed by atoms with Crippen LogP contribution in [-0.4, -0.2) is 38.5 Å². The fourth-order valence-corrected chi connectivity index (χ4v) is 1.37. The van der Waals surface area contributed by atoms with Crippen molar-refractivity contribution < 1.29 is 14.0 Å². The van der Waals surface area contributed by atoms with Crippen LogP contribution in [0.25, 0.3) is 0 Å². The Kier molecular flexibility index (Phi) is 9.56. The highest BCUT2D eigenvalue weighted by Crippen LogP contribution is 1.98. The van der Waals surface area contributed by atoms with E-state index in [1.807, 2.05) is 7.05 Å². The normalized spacial score (nSPS) is 9.53. The number of hydrogen-bond acceptors (Lipinski definition) is 4. The summed E-state index contributed by atoms with van der Waals surface area (Å²) in [6, 6.07) is 3.22. The molecule has 108 valence electrons. The number of carbonyl (C=O) groups excluding carboxylic acids is 2. The van der Waals surface area contributed by atoms with Crippen molar-refractivity contribution in [2.24, 2.45) is 0 Å². The van der Waals surface area contributed by atoms with Crippen molar-refractivity contribution in [2.75, 3.05) is 26.7 Å². The Hall–Kier alpha value is -1.53. The Morgan fingerprint density at radius 1 is 1.21 bits per heavy atom. The Balaban J connectivity index is 0.00000324. The first-order valence-corrected chi connectivity index (χ1v) is 5.97. The molecule has 0 saturated carbocycles. The molecule has 1 rings (SSSR count). The van der Waals surface area contributed by atoms with Gasteiger partial charge in [-0.15, -0.1) is 12.4 Å². The second-order valence-electron chi connectivity index (χ2n) is 3.79. The Morgan fingerprint density at radius 2 is 2.00 bits per heavy atom. The van der Waals surface area contributed by atoms with Crippen LogP contribution < -0.4 is 16.0 Å². The Labute approximate surface area is 118 Å². The summed E-state index contributed by atoms with van der Waals surface area (Å²) in [6.07, 6.45) is 2.59. The summed E-state index contributed by atoms with van der Waals surface area (Å²) >= 11 is 0. The zero-order valence-corrected chi connectivity index (χ0v) is 11.7. The van der Waals surface area contributed by atoms with Crippen LogP contribution in [-0.2, 0) is 4.79 Å². The molecule has 1 heterocycles. The van der Waals surface area contributed by atoms with E-state index in [1.54, 1.807) is 12.1 Å². The molecule has 0 fully saturated rings. The van der Waals surface area contributed by atoms with Gasteiger partial charge in [0.1, 0.15) is 0 Å². The lowest BCUT2D eigenvalue weighted by atomic mass is 10.3. The molecule has 6 nitrogen and oxygen atoms in total. The van der Waals surface area contributed by atoms with E-state index >= 15 is 0 Å². The number of carbonyl (C=O) groups is 2. The minimum Gasteiger partial charge on any atom is -0.459 e. The van der Waals surface area contributed by atoms with Crippen LogP contribution in [0.1, 0.15) is 23.4 Å². The molecule has 1 aromatic heterocycles. The summed E-state index contributed by atoms with van der Waals surface area (Å²) in [7, 11) is 1.87. The van der Waals surface area contributed by atoms with Crippen molar-refractivity contribution >= 4 is 24.2 Å². The van der Waals surface area contributed by atoms with Gasteiger partial charge in [0.05, 0.1) is 6.26 Å².